The van der Waals surface area contributed by atoms with Gasteiger partial charge in [-0.2, -0.15) is 0 Å². The molecule has 1 aromatic carbocycles. The van der Waals surface area contributed by atoms with Gasteiger partial charge in [0, 0.05) is 13.1 Å². The molecule has 0 aromatic heterocycles. The van der Waals surface area contributed by atoms with Gasteiger partial charge in [-0.3, -0.25) is 0 Å². The van der Waals surface area contributed by atoms with Gasteiger partial charge in [0.05, 0.1) is 13.2 Å². The lowest BCUT2D eigenvalue weighted by Crippen LogP contribution is -2.40. The van der Waals surface area contributed by atoms with Gasteiger partial charge < -0.3 is 14.4 Å². The highest BCUT2D eigenvalue weighted by molar-refractivity contribution is 6.74. The van der Waals surface area contributed by atoms with E-state index >= 15 is 0 Å². The second kappa shape index (κ2) is 7.52. The Labute approximate surface area is 148 Å². The summed E-state index contributed by atoms with van der Waals surface area (Å²) in [7, 11) is 0.399. The lowest BCUT2D eigenvalue weighted by Gasteiger charge is -2.36. The van der Waals surface area contributed by atoms with Crippen LogP contribution in [-0.2, 0) is 11.0 Å². The number of rotatable bonds is 5. The lowest BCUT2D eigenvalue weighted by atomic mass is 9.93. The SMILES string of the molecule is CN1CCC(c2ccc(CO[Si](C)(C)C(C)(C)C)cc2)=C(CO)C1. The molecule has 134 valence electrons. The van der Waals surface area contributed by atoms with E-state index in [1.165, 1.54) is 16.7 Å². The molecule has 0 amide bonds. The summed E-state index contributed by atoms with van der Waals surface area (Å²) in [6, 6.07) is 8.70. The van der Waals surface area contributed by atoms with Crippen LogP contribution < -0.4 is 0 Å². The van der Waals surface area contributed by atoms with E-state index in [-0.39, 0.29) is 11.6 Å². The number of aliphatic hydroxyl groups excluding tert-OH is 1. The zero-order valence-electron chi connectivity index (χ0n) is 16.1. The third-order valence-corrected chi connectivity index (χ3v) is 10.0. The standard InChI is InChI=1S/C20H33NO2Si/c1-20(2,3)24(5,6)23-15-16-7-9-17(10-8-16)19-11-12-21(4)13-18(19)14-22/h7-10,22H,11-15H2,1-6H3. The Hall–Kier alpha value is -0.943. The first-order valence-electron chi connectivity index (χ1n) is 8.87. The minimum atomic E-state index is -1.71. The fourth-order valence-corrected chi connectivity index (χ4v) is 3.72. The largest absolute Gasteiger partial charge is 0.413 e. The number of hydrogen-bond acceptors (Lipinski definition) is 3. The average molecular weight is 348 g/mol. The zero-order chi connectivity index (χ0) is 18.0. The molecule has 1 heterocycles. The number of hydrogen-bond donors (Lipinski definition) is 1. The molecule has 1 aliphatic heterocycles. The Morgan fingerprint density at radius 1 is 1.17 bits per heavy atom. The van der Waals surface area contributed by atoms with Crippen molar-refractivity contribution in [2.24, 2.45) is 0 Å². The van der Waals surface area contributed by atoms with Crippen LogP contribution in [0.1, 0.15) is 38.3 Å². The first-order chi connectivity index (χ1) is 11.1. The van der Waals surface area contributed by atoms with E-state index in [0.29, 0.717) is 6.61 Å². The van der Waals surface area contributed by atoms with Gasteiger partial charge in [-0.25, -0.2) is 0 Å². The Balaban J connectivity index is 2.08. The molecule has 24 heavy (non-hydrogen) atoms. The van der Waals surface area contributed by atoms with Gasteiger partial charge >= 0.3 is 0 Å². The third kappa shape index (κ3) is 4.57. The monoisotopic (exact) mass is 347 g/mol. The first-order valence-corrected chi connectivity index (χ1v) is 11.8. The van der Waals surface area contributed by atoms with Gasteiger partial charge in [-0.05, 0) is 53.9 Å². The van der Waals surface area contributed by atoms with Crippen LogP contribution in [0.5, 0.6) is 0 Å². The molecule has 0 unspecified atom stereocenters. The molecular weight excluding hydrogens is 314 g/mol. The van der Waals surface area contributed by atoms with Gasteiger partial charge in [0.2, 0.25) is 0 Å². The Kier molecular flexibility index (Phi) is 6.08. The fraction of sp³-hybridized carbons (Fsp3) is 0.600. The predicted octanol–water partition coefficient (Wildman–Crippen LogP) is 4.29. The maximum Gasteiger partial charge on any atom is 0.192 e. The highest BCUT2D eigenvalue weighted by Gasteiger charge is 2.37. The van der Waals surface area contributed by atoms with Crippen molar-refractivity contribution in [2.45, 2.75) is 51.9 Å². The van der Waals surface area contributed by atoms with Gasteiger partial charge in [-0.15, -0.1) is 0 Å². The lowest BCUT2D eigenvalue weighted by molar-refractivity contribution is 0.276. The molecule has 4 heteroatoms. The number of aliphatic hydroxyl groups is 1. The highest BCUT2D eigenvalue weighted by atomic mass is 28.4. The molecule has 0 atom stereocenters. The summed E-state index contributed by atoms with van der Waals surface area (Å²) in [6.07, 6.45) is 1.01. The molecule has 0 aliphatic carbocycles. The van der Waals surface area contributed by atoms with E-state index in [9.17, 15) is 5.11 Å². The van der Waals surface area contributed by atoms with Gasteiger partial charge in [0.1, 0.15) is 0 Å². The minimum absolute atomic E-state index is 0.149. The summed E-state index contributed by atoms with van der Waals surface area (Å²) in [5.74, 6) is 0. The fourth-order valence-electron chi connectivity index (χ4n) is 2.76. The van der Waals surface area contributed by atoms with E-state index in [2.05, 4.69) is 70.1 Å². The van der Waals surface area contributed by atoms with E-state index in [1.54, 1.807) is 0 Å². The first kappa shape index (κ1) is 19.4. The average Bonchev–Trinajstić information content (AvgIpc) is 2.52. The maximum absolute atomic E-state index is 9.65. The summed E-state index contributed by atoms with van der Waals surface area (Å²) in [4.78, 5) is 2.26. The molecular formula is C20H33NO2Si. The van der Waals surface area contributed by atoms with Crippen molar-refractivity contribution in [1.82, 2.24) is 4.90 Å². The molecule has 0 fully saturated rings. The van der Waals surface area contributed by atoms with Crippen LogP contribution in [0.15, 0.2) is 29.8 Å². The second-order valence-corrected chi connectivity index (χ2v) is 13.3. The van der Waals surface area contributed by atoms with Crippen molar-refractivity contribution in [3.8, 4) is 0 Å². The van der Waals surface area contributed by atoms with Crippen molar-refractivity contribution < 1.29 is 9.53 Å². The summed E-state index contributed by atoms with van der Waals surface area (Å²) in [5, 5.41) is 9.88. The van der Waals surface area contributed by atoms with Crippen molar-refractivity contribution in [1.29, 1.82) is 0 Å². The van der Waals surface area contributed by atoms with Gasteiger partial charge in [0.15, 0.2) is 8.32 Å². The van der Waals surface area contributed by atoms with Crippen LogP contribution in [0.4, 0.5) is 0 Å². The molecule has 0 spiro atoms. The number of nitrogens with zero attached hydrogens (tertiary/aromatic N) is 1. The van der Waals surface area contributed by atoms with E-state index in [0.717, 1.165) is 25.1 Å². The van der Waals surface area contributed by atoms with Gasteiger partial charge in [-0.1, -0.05) is 45.0 Å². The van der Waals surface area contributed by atoms with Crippen LogP contribution in [0, 0.1) is 0 Å². The van der Waals surface area contributed by atoms with Crippen molar-refractivity contribution in [2.75, 3.05) is 26.7 Å². The Bertz CT molecular complexity index is 585. The number of likely N-dealkylation sites (N-methyl/N-ethyl adjacent to an activating group) is 1. The summed E-state index contributed by atoms with van der Waals surface area (Å²) in [6.45, 7) is 14.1. The van der Waals surface area contributed by atoms with E-state index < -0.39 is 8.32 Å². The summed E-state index contributed by atoms with van der Waals surface area (Å²) in [5.41, 5.74) is 4.92. The Morgan fingerprint density at radius 2 is 1.79 bits per heavy atom. The van der Waals surface area contributed by atoms with Crippen LogP contribution in [0.2, 0.25) is 18.1 Å². The van der Waals surface area contributed by atoms with Crippen LogP contribution in [0.3, 0.4) is 0 Å². The predicted molar refractivity (Wildman–Crippen MR) is 105 cm³/mol. The molecule has 1 aliphatic rings. The smallest absolute Gasteiger partial charge is 0.192 e. The normalized spacial score (nSPS) is 17.5. The molecule has 1 N–H and O–H groups in total. The van der Waals surface area contributed by atoms with Crippen LogP contribution in [-0.4, -0.2) is 45.1 Å². The third-order valence-electron chi connectivity index (χ3n) is 5.53. The second-order valence-electron chi connectivity index (χ2n) is 8.47. The molecule has 0 saturated heterocycles. The maximum atomic E-state index is 9.65. The topological polar surface area (TPSA) is 32.7 Å². The van der Waals surface area contributed by atoms with E-state index in [4.69, 9.17) is 4.43 Å². The molecule has 3 nitrogen and oxygen atoms in total. The summed E-state index contributed by atoms with van der Waals surface area (Å²) >= 11 is 0. The molecule has 0 saturated carbocycles. The quantitative estimate of drug-likeness (QED) is 0.807. The Morgan fingerprint density at radius 3 is 2.33 bits per heavy atom. The molecule has 0 radical (unpaired) electrons. The van der Waals surface area contributed by atoms with Gasteiger partial charge in [0.25, 0.3) is 0 Å². The number of benzene rings is 1. The van der Waals surface area contributed by atoms with Crippen molar-refractivity contribution in [3.63, 3.8) is 0 Å². The van der Waals surface area contributed by atoms with Crippen LogP contribution in [0.25, 0.3) is 5.57 Å². The zero-order valence-corrected chi connectivity index (χ0v) is 17.1. The highest BCUT2D eigenvalue weighted by Crippen LogP contribution is 2.37. The van der Waals surface area contributed by atoms with E-state index in [1.807, 2.05) is 0 Å². The van der Waals surface area contributed by atoms with Crippen molar-refractivity contribution >= 4 is 13.9 Å². The molecule has 0 bridgehead atoms. The summed E-state index contributed by atoms with van der Waals surface area (Å²) < 4.78 is 6.30. The molecule has 2 rings (SSSR count). The molecule has 1 aromatic rings. The van der Waals surface area contributed by atoms with Crippen LogP contribution >= 0.6 is 0 Å². The minimum Gasteiger partial charge on any atom is -0.413 e. The van der Waals surface area contributed by atoms with Crippen molar-refractivity contribution in [3.05, 3.63) is 41.0 Å².